The molecule has 0 radical (unpaired) electrons. The molecule has 2 N–H and O–H groups in total. The molecule has 0 fully saturated rings. The number of nitrogens with zero attached hydrogens (tertiary/aromatic N) is 1. The summed E-state index contributed by atoms with van der Waals surface area (Å²) in [5.41, 5.74) is 1.59. The van der Waals surface area contributed by atoms with Gasteiger partial charge in [-0.3, -0.25) is 9.59 Å². The smallest absolute Gasteiger partial charge is 0.408 e. The van der Waals surface area contributed by atoms with E-state index in [-0.39, 0.29) is 18.5 Å². The third kappa shape index (κ3) is 7.79. The summed E-state index contributed by atoms with van der Waals surface area (Å²) in [7, 11) is 1.57. The van der Waals surface area contributed by atoms with E-state index < -0.39 is 23.6 Å². The van der Waals surface area contributed by atoms with Crippen molar-refractivity contribution in [3.8, 4) is 5.75 Å². The lowest BCUT2D eigenvalue weighted by Gasteiger charge is -2.34. The number of carbonyl (C=O) groups is 3. The average Bonchev–Trinajstić information content (AvgIpc) is 2.75. The van der Waals surface area contributed by atoms with Gasteiger partial charge in [-0.25, -0.2) is 4.79 Å². The minimum atomic E-state index is -0.907. The van der Waals surface area contributed by atoms with Crippen LogP contribution in [0, 0.1) is 6.92 Å². The number of carbonyl (C=O) groups excluding carboxylic acids is 3. The molecule has 8 heteroatoms. The van der Waals surface area contributed by atoms with E-state index in [4.69, 9.17) is 9.47 Å². The van der Waals surface area contributed by atoms with E-state index in [9.17, 15) is 14.4 Å². The van der Waals surface area contributed by atoms with E-state index >= 15 is 0 Å². The summed E-state index contributed by atoms with van der Waals surface area (Å²) >= 11 is 0. The van der Waals surface area contributed by atoms with Gasteiger partial charge >= 0.3 is 6.09 Å². The molecule has 0 saturated heterocycles. The van der Waals surface area contributed by atoms with Crippen LogP contribution in [-0.4, -0.2) is 48.1 Å². The maximum absolute atomic E-state index is 13.5. The number of methoxy groups -OCH3 is 1. The van der Waals surface area contributed by atoms with E-state index in [1.165, 1.54) is 4.90 Å². The number of hydrogen-bond donors (Lipinski definition) is 2. The highest BCUT2D eigenvalue weighted by atomic mass is 16.6. The number of anilines is 1. The second-order valence-electron chi connectivity index (χ2n) is 9.28. The summed E-state index contributed by atoms with van der Waals surface area (Å²) in [6, 6.07) is 13.2. The summed E-state index contributed by atoms with van der Waals surface area (Å²) in [6.45, 7) is 10.5. The molecule has 1 atom stereocenters. The molecule has 1 unspecified atom stereocenters. The summed E-state index contributed by atoms with van der Waals surface area (Å²) < 4.78 is 10.4. The second kappa shape index (κ2) is 11.5. The van der Waals surface area contributed by atoms with Gasteiger partial charge in [0.25, 0.3) is 5.91 Å². The van der Waals surface area contributed by atoms with Crippen LogP contribution in [-0.2, 0) is 14.3 Å². The Morgan fingerprint density at radius 1 is 0.971 bits per heavy atom. The van der Waals surface area contributed by atoms with Crippen LogP contribution in [0.5, 0.6) is 5.75 Å². The van der Waals surface area contributed by atoms with Crippen LogP contribution < -0.4 is 15.4 Å². The molecule has 0 bridgehead atoms. The first-order chi connectivity index (χ1) is 15.9. The van der Waals surface area contributed by atoms with Crippen molar-refractivity contribution in [1.82, 2.24) is 10.2 Å². The lowest BCUT2D eigenvalue weighted by atomic mass is 10.0. The Kier molecular flexibility index (Phi) is 9.06. The molecule has 3 amide bonds. The van der Waals surface area contributed by atoms with Gasteiger partial charge in [0.15, 0.2) is 0 Å². The molecule has 8 nitrogen and oxygen atoms in total. The van der Waals surface area contributed by atoms with Crippen molar-refractivity contribution in [2.75, 3.05) is 19.0 Å². The molecule has 0 aliphatic rings. The van der Waals surface area contributed by atoms with Crippen LogP contribution in [0.2, 0.25) is 0 Å². The van der Waals surface area contributed by atoms with Gasteiger partial charge in [-0.1, -0.05) is 29.8 Å². The predicted molar refractivity (Wildman–Crippen MR) is 132 cm³/mol. The van der Waals surface area contributed by atoms with Crippen LogP contribution in [0.1, 0.15) is 51.8 Å². The van der Waals surface area contributed by atoms with Gasteiger partial charge in [0.05, 0.1) is 7.11 Å². The topological polar surface area (TPSA) is 97.0 Å². The largest absolute Gasteiger partial charge is 0.497 e. The van der Waals surface area contributed by atoms with E-state index in [2.05, 4.69) is 10.6 Å². The number of amides is 3. The Morgan fingerprint density at radius 2 is 1.56 bits per heavy atom. The van der Waals surface area contributed by atoms with Crippen molar-refractivity contribution in [1.29, 1.82) is 0 Å². The number of alkyl carbamates (subject to hydrolysis) is 1. The fourth-order valence-corrected chi connectivity index (χ4v) is 3.36. The van der Waals surface area contributed by atoms with Gasteiger partial charge in [-0.2, -0.15) is 0 Å². The summed E-state index contributed by atoms with van der Waals surface area (Å²) in [5.74, 6) is -0.107. The van der Waals surface area contributed by atoms with Crippen molar-refractivity contribution < 1.29 is 23.9 Å². The van der Waals surface area contributed by atoms with Gasteiger partial charge in [0.1, 0.15) is 23.9 Å². The molecule has 0 saturated carbocycles. The zero-order valence-corrected chi connectivity index (χ0v) is 21.0. The number of ether oxygens (including phenoxy) is 2. The molecule has 0 heterocycles. The lowest BCUT2D eigenvalue weighted by Crippen LogP contribution is -2.49. The van der Waals surface area contributed by atoms with Crippen LogP contribution in [0.15, 0.2) is 48.5 Å². The highest BCUT2D eigenvalue weighted by molar-refractivity contribution is 5.98. The van der Waals surface area contributed by atoms with Crippen molar-refractivity contribution in [3.63, 3.8) is 0 Å². The fourth-order valence-electron chi connectivity index (χ4n) is 3.36. The molecule has 34 heavy (non-hydrogen) atoms. The Balaban J connectivity index is 2.31. The van der Waals surface area contributed by atoms with Crippen LogP contribution in [0.25, 0.3) is 0 Å². The van der Waals surface area contributed by atoms with Gasteiger partial charge in [-0.15, -0.1) is 0 Å². The van der Waals surface area contributed by atoms with Gasteiger partial charge in [0, 0.05) is 11.7 Å². The normalized spacial score (nSPS) is 12.0. The third-order valence-corrected chi connectivity index (χ3v) is 4.90. The maximum Gasteiger partial charge on any atom is 0.408 e. The summed E-state index contributed by atoms with van der Waals surface area (Å²) in [5, 5.41) is 5.39. The Hall–Kier alpha value is -3.55. The van der Waals surface area contributed by atoms with Crippen LogP contribution in [0.4, 0.5) is 10.5 Å². The van der Waals surface area contributed by atoms with Gasteiger partial charge in [-0.05, 0) is 71.4 Å². The van der Waals surface area contributed by atoms with E-state index in [1.54, 1.807) is 52.1 Å². The third-order valence-electron chi connectivity index (χ3n) is 4.90. The molecule has 2 aromatic carbocycles. The molecule has 184 valence electrons. The zero-order chi connectivity index (χ0) is 25.5. The monoisotopic (exact) mass is 469 g/mol. The molecular weight excluding hydrogens is 434 g/mol. The van der Waals surface area contributed by atoms with Crippen molar-refractivity contribution in [2.45, 2.75) is 59.2 Å². The molecule has 2 aromatic rings. The minimum Gasteiger partial charge on any atom is -0.497 e. The summed E-state index contributed by atoms with van der Waals surface area (Å²) in [4.78, 5) is 40.3. The highest BCUT2D eigenvalue weighted by Crippen LogP contribution is 2.26. The number of nitrogens with one attached hydrogen (secondary N) is 2. The minimum absolute atomic E-state index is 0.300. The summed E-state index contributed by atoms with van der Waals surface area (Å²) in [6.07, 6.45) is -0.695. The number of hydrogen-bond acceptors (Lipinski definition) is 5. The first kappa shape index (κ1) is 26.7. The van der Waals surface area contributed by atoms with Crippen molar-refractivity contribution in [2.24, 2.45) is 0 Å². The molecule has 0 aromatic heterocycles. The zero-order valence-electron chi connectivity index (χ0n) is 21.0. The number of rotatable bonds is 8. The molecule has 0 aliphatic carbocycles. The maximum atomic E-state index is 13.5. The molecule has 0 aliphatic heterocycles. The fraction of sp³-hybridized carbons (Fsp3) is 0.423. The Labute approximate surface area is 201 Å². The first-order valence-corrected chi connectivity index (χ1v) is 11.2. The molecule has 0 spiro atoms. The average molecular weight is 470 g/mol. The van der Waals surface area contributed by atoms with E-state index in [1.807, 2.05) is 45.0 Å². The van der Waals surface area contributed by atoms with E-state index in [0.717, 1.165) is 5.56 Å². The van der Waals surface area contributed by atoms with Crippen LogP contribution >= 0.6 is 0 Å². The van der Waals surface area contributed by atoms with Gasteiger partial charge < -0.3 is 25.0 Å². The quantitative estimate of drug-likeness (QED) is 0.596. The van der Waals surface area contributed by atoms with Crippen molar-refractivity contribution in [3.05, 3.63) is 59.7 Å². The lowest BCUT2D eigenvalue weighted by molar-refractivity contribution is -0.140. The van der Waals surface area contributed by atoms with Crippen molar-refractivity contribution >= 4 is 23.6 Å². The first-order valence-electron chi connectivity index (χ1n) is 11.2. The number of benzene rings is 2. The highest BCUT2D eigenvalue weighted by Gasteiger charge is 2.33. The Morgan fingerprint density at radius 3 is 2.06 bits per heavy atom. The standard InChI is InChI=1S/C26H35N3O5/c1-17(2)29(22(30)16-27-25(32)34-26(4,5)6)23(19-10-8-18(3)9-11-19)24(31)28-20-12-14-21(33-7)15-13-20/h8-15,17,23H,16H2,1-7H3,(H,27,32)(H,28,31). The Bertz CT molecular complexity index is 979. The molecule has 2 rings (SSSR count). The van der Waals surface area contributed by atoms with Gasteiger partial charge in [0.2, 0.25) is 5.91 Å². The molecular formula is C26H35N3O5. The predicted octanol–water partition coefficient (Wildman–Crippen LogP) is 4.45. The SMILES string of the molecule is COc1ccc(NC(=O)C(c2ccc(C)cc2)N(C(=O)CNC(=O)OC(C)(C)C)C(C)C)cc1. The second-order valence-corrected chi connectivity index (χ2v) is 9.28. The van der Waals surface area contributed by atoms with E-state index in [0.29, 0.717) is 17.0 Å². The van der Waals surface area contributed by atoms with Crippen LogP contribution in [0.3, 0.4) is 0 Å². The number of aryl methyl sites for hydroxylation is 1.